The molecular formula is C18H18N2O6S. The molecule has 1 aliphatic rings. The van der Waals surface area contributed by atoms with Crippen molar-refractivity contribution in [1.82, 2.24) is 4.90 Å². The predicted molar refractivity (Wildman–Crippen MR) is 98.0 cm³/mol. The molecule has 9 heteroatoms. The van der Waals surface area contributed by atoms with E-state index in [4.69, 9.17) is 19.5 Å². The molecule has 2 amide bonds. The Balaban J connectivity index is 2.25. The smallest absolute Gasteiger partial charge is 0.329 e. The zero-order valence-corrected chi connectivity index (χ0v) is 15.9. The number of hydrogen-bond donors (Lipinski definition) is 0. The third-order valence-electron chi connectivity index (χ3n) is 3.62. The fraction of sp³-hybridized carbons (Fsp3) is 0.333. The van der Waals surface area contributed by atoms with E-state index in [1.165, 1.54) is 20.1 Å². The lowest BCUT2D eigenvalue weighted by Gasteiger charge is -2.19. The summed E-state index contributed by atoms with van der Waals surface area (Å²) in [4.78, 5) is 37.6. The van der Waals surface area contributed by atoms with Crippen molar-refractivity contribution in [2.75, 3.05) is 20.3 Å². The summed E-state index contributed by atoms with van der Waals surface area (Å²) in [6, 6.07) is 5.76. The first kappa shape index (κ1) is 20.3. The number of carbonyl (C=O) groups is 3. The SMILES string of the molecule is CCOC(=O)[C@@H](C)N1C(=O)S/C(=C/c2ccc(OCC#N)c(OC)c2)C1=O. The Morgan fingerprint density at radius 1 is 1.37 bits per heavy atom. The number of nitriles is 1. The molecule has 1 aliphatic heterocycles. The van der Waals surface area contributed by atoms with Gasteiger partial charge in [0.05, 0.1) is 18.6 Å². The standard InChI is InChI=1S/C18H18N2O6S/c1-4-25-17(22)11(2)20-16(21)15(27-18(20)23)10-12-5-6-13(26-8-7-19)14(9-12)24-3/h5-6,9-11H,4,8H2,1-3H3/b15-10+/t11-/m1/s1. The van der Waals surface area contributed by atoms with Gasteiger partial charge < -0.3 is 14.2 Å². The van der Waals surface area contributed by atoms with Gasteiger partial charge in [-0.25, -0.2) is 4.79 Å². The lowest BCUT2D eigenvalue weighted by Crippen LogP contribution is -2.42. The van der Waals surface area contributed by atoms with Crippen LogP contribution in [-0.4, -0.2) is 48.4 Å². The molecule has 0 aromatic heterocycles. The maximum Gasteiger partial charge on any atom is 0.329 e. The summed E-state index contributed by atoms with van der Waals surface area (Å²) in [6.07, 6.45) is 1.53. The minimum absolute atomic E-state index is 0.125. The van der Waals surface area contributed by atoms with Gasteiger partial charge in [0.1, 0.15) is 12.1 Å². The Kier molecular flexibility index (Phi) is 6.85. The number of amides is 2. The molecule has 0 radical (unpaired) electrons. The monoisotopic (exact) mass is 390 g/mol. The lowest BCUT2D eigenvalue weighted by atomic mass is 10.1. The van der Waals surface area contributed by atoms with Gasteiger partial charge >= 0.3 is 5.97 Å². The van der Waals surface area contributed by atoms with Gasteiger partial charge in [0.15, 0.2) is 18.1 Å². The van der Waals surface area contributed by atoms with E-state index in [0.717, 1.165) is 16.7 Å². The van der Waals surface area contributed by atoms with E-state index in [1.54, 1.807) is 25.1 Å². The minimum atomic E-state index is -1.00. The first-order valence-corrected chi connectivity index (χ1v) is 8.86. The molecule has 1 atom stereocenters. The maximum absolute atomic E-state index is 12.5. The molecule has 0 aliphatic carbocycles. The molecule has 0 unspecified atom stereocenters. The Morgan fingerprint density at radius 2 is 2.11 bits per heavy atom. The van der Waals surface area contributed by atoms with Gasteiger partial charge in [-0.15, -0.1) is 0 Å². The van der Waals surface area contributed by atoms with Gasteiger partial charge in [-0.2, -0.15) is 5.26 Å². The number of benzene rings is 1. The lowest BCUT2D eigenvalue weighted by molar-refractivity contribution is -0.150. The number of nitrogens with zero attached hydrogens (tertiary/aromatic N) is 2. The Bertz CT molecular complexity index is 830. The quantitative estimate of drug-likeness (QED) is 0.517. The Labute approximate surface area is 160 Å². The van der Waals surface area contributed by atoms with E-state index >= 15 is 0 Å². The minimum Gasteiger partial charge on any atom is -0.493 e. The van der Waals surface area contributed by atoms with E-state index in [1.807, 2.05) is 6.07 Å². The highest BCUT2D eigenvalue weighted by Gasteiger charge is 2.41. The molecule has 27 heavy (non-hydrogen) atoms. The van der Waals surface area contributed by atoms with E-state index in [9.17, 15) is 14.4 Å². The highest BCUT2D eigenvalue weighted by molar-refractivity contribution is 8.18. The summed E-state index contributed by atoms with van der Waals surface area (Å²) in [6.45, 7) is 3.13. The van der Waals surface area contributed by atoms with E-state index in [0.29, 0.717) is 17.1 Å². The van der Waals surface area contributed by atoms with Crippen LogP contribution in [-0.2, 0) is 14.3 Å². The normalized spacial score (nSPS) is 16.2. The zero-order chi connectivity index (χ0) is 20.0. The van der Waals surface area contributed by atoms with Crippen molar-refractivity contribution in [3.8, 4) is 17.6 Å². The highest BCUT2D eigenvalue weighted by atomic mass is 32.2. The van der Waals surface area contributed by atoms with Gasteiger partial charge in [0.2, 0.25) is 0 Å². The third kappa shape index (κ3) is 4.60. The molecule has 1 heterocycles. The summed E-state index contributed by atoms with van der Waals surface area (Å²) in [5.74, 6) is -0.422. The average molecular weight is 390 g/mol. The van der Waals surface area contributed by atoms with Crippen LogP contribution in [0.4, 0.5) is 4.79 Å². The van der Waals surface area contributed by atoms with Gasteiger partial charge in [-0.1, -0.05) is 6.07 Å². The summed E-state index contributed by atoms with van der Waals surface area (Å²) in [5.41, 5.74) is 0.602. The van der Waals surface area contributed by atoms with Crippen LogP contribution in [0.25, 0.3) is 6.08 Å². The van der Waals surface area contributed by atoms with Crippen molar-refractivity contribution in [3.05, 3.63) is 28.7 Å². The zero-order valence-electron chi connectivity index (χ0n) is 15.1. The summed E-state index contributed by atoms with van der Waals surface area (Å²) < 4.78 is 15.3. The second kappa shape index (κ2) is 9.09. The van der Waals surface area contributed by atoms with Crippen LogP contribution in [0.3, 0.4) is 0 Å². The van der Waals surface area contributed by atoms with E-state index in [-0.39, 0.29) is 18.1 Å². The molecule has 1 saturated heterocycles. The molecule has 0 saturated carbocycles. The van der Waals surface area contributed by atoms with Crippen LogP contribution in [0.1, 0.15) is 19.4 Å². The Hall–Kier alpha value is -2.99. The molecule has 8 nitrogen and oxygen atoms in total. The Morgan fingerprint density at radius 3 is 2.74 bits per heavy atom. The molecule has 142 valence electrons. The van der Waals surface area contributed by atoms with Crippen molar-refractivity contribution in [2.45, 2.75) is 19.9 Å². The number of methoxy groups -OCH3 is 1. The molecule has 0 N–H and O–H groups in total. The summed E-state index contributed by atoms with van der Waals surface area (Å²) in [7, 11) is 1.45. The fourth-order valence-corrected chi connectivity index (χ4v) is 3.24. The van der Waals surface area contributed by atoms with Crippen molar-refractivity contribution >= 4 is 35.0 Å². The highest BCUT2D eigenvalue weighted by Crippen LogP contribution is 2.35. The molecule has 0 spiro atoms. The molecule has 0 bridgehead atoms. The number of ether oxygens (including phenoxy) is 3. The summed E-state index contributed by atoms with van der Waals surface area (Å²) in [5, 5.41) is 8.06. The maximum atomic E-state index is 12.5. The number of thioether (sulfide) groups is 1. The number of carbonyl (C=O) groups excluding carboxylic acids is 3. The van der Waals surface area contributed by atoms with Crippen LogP contribution in [0.2, 0.25) is 0 Å². The molecule has 1 aromatic rings. The number of imide groups is 1. The van der Waals surface area contributed by atoms with Crippen LogP contribution in [0.15, 0.2) is 23.1 Å². The van der Waals surface area contributed by atoms with Gasteiger partial charge in [-0.05, 0) is 49.4 Å². The largest absolute Gasteiger partial charge is 0.493 e. The van der Waals surface area contributed by atoms with E-state index < -0.39 is 23.2 Å². The van der Waals surface area contributed by atoms with Crippen molar-refractivity contribution < 1.29 is 28.6 Å². The summed E-state index contributed by atoms with van der Waals surface area (Å²) >= 11 is 0.748. The predicted octanol–water partition coefficient (Wildman–Crippen LogP) is 2.59. The second-order valence-corrected chi connectivity index (χ2v) is 6.33. The van der Waals surface area contributed by atoms with Crippen molar-refractivity contribution in [3.63, 3.8) is 0 Å². The first-order valence-electron chi connectivity index (χ1n) is 8.04. The number of esters is 1. The van der Waals surface area contributed by atoms with Gasteiger partial charge in [0, 0.05) is 0 Å². The van der Waals surface area contributed by atoms with Crippen LogP contribution < -0.4 is 9.47 Å². The third-order valence-corrected chi connectivity index (χ3v) is 4.50. The van der Waals surface area contributed by atoms with Crippen molar-refractivity contribution in [1.29, 1.82) is 5.26 Å². The molecule has 1 fully saturated rings. The fourth-order valence-electron chi connectivity index (χ4n) is 2.34. The van der Waals surface area contributed by atoms with Crippen molar-refractivity contribution in [2.24, 2.45) is 0 Å². The number of rotatable bonds is 7. The van der Waals surface area contributed by atoms with Crippen LogP contribution in [0, 0.1) is 11.3 Å². The van der Waals surface area contributed by atoms with Crippen LogP contribution in [0.5, 0.6) is 11.5 Å². The number of hydrogen-bond acceptors (Lipinski definition) is 8. The second-order valence-electron chi connectivity index (χ2n) is 5.34. The van der Waals surface area contributed by atoms with E-state index in [2.05, 4.69) is 0 Å². The molecular weight excluding hydrogens is 372 g/mol. The molecule has 2 rings (SSSR count). The van der Waals surface area contributed by atoms with Gasteiger partial charge in [0.25, 0.3) is 11.1 Å². The van der Waals surface area contributed by atoms with Gasteiger partial charge in [-0.3, -0.25) is 14.5 Å². The first-order chi connectivity index (χ1) is 12.9. The van der Waals surface area contributed by atoms with Crippen LogP contribution >= 0.6 is 11.8 Å². The molecule has 1 aromatic carbocycles. The topological polar surface area (TPSA) is 106 Å². The average Bonchev–Trinajstić information content (AvgIpc) is 2.93.